The molecule has 0 saturated carbocycles. The van der Waals surface area contributed by atoms with E-state index < -0.39 is 23.5 Å². The second-order valence-electron chi connectivity index (χ2n) is 7.08. The Balaban J connectivity index is 2.22. The van der Waals surface area contributed by atoms with E-state index in [4.69, 9.17) is 14.2 Å². The molecule has 30 heavy (non-hydrogen) atoms. The van der Waals surface area contributed by atoms with Crippen LogP contribution in [0.5, 0.6) is 11.5 Å². The van der Waals surface area contributed by atoms with Gasteiger partial charge in [0.15, 0.2) is 11.5 Å². The molecule has 0 spiro atoms. The fraction of sp³-hybridized carbons (Fsp3) is 0.227. The predicted molar refractivity (Wildman–Crippen MR) is 108 cm³/mol. The first-order valence-electron chi connectivity index (χ1n) is 8.89. The third-order valence-corrected chi connectivity index (χ3v) is 3.57. The molecule has 0 fully saturated rings. The number of rotatable bonds is 5. The van der Waals surface area contributed by atoms with Crippen LogP contribution >= 0.6 is 0 Å². The van der Waals surface area contributed by atoms with E-state index in [2.05, 4.69) is 5.32 Å². The molecule has 2 aromatic carbocycles. The van der Waals surface area contributed by atoms with E-state index in [0.29, 0.717) is 5.56 Å². The summed E-state index contributed by atoms with van der Waals surface area (Å²) in [6, 6.07) is 11.8. The van der Waals surface area contributed by atoms with Crippen LogP contribution in [0.4, 0.5) is 14.9 Å². The molecule has 0 aliphatic carbocycles. The summed E-state index contributed by atoms with van der Waals surface area (Å²) in [5.74, 6) is -1.08. The molecule has 0 bridgehead atoms. The van der Waals surface area contributed by atoms with Gasteiger partial charge in [-0.25, -0.2) is 9.18 Å². The molecule has 1 amide bonds. The molecule has 1 N–H and O–H groups in total. The molecule has 0 aromatic heterocycles. The number of nitriles is 1. The second-order valence-corrected chi connectivity index (χ2v) is 7.08. The number of benzene rings is 2. The molecule has 2 rings (SSSR count). The van der Waals surface area contributed by atoms with Crippen LogP contribution in [0.2, 0.25) is 0 Å². The Kier molecular flexibility index (Phi) is 7.15. The first-order chi connectivity index (χ1) is 14.1. The maximum Gasteiger partial charge on any atom is 0.514 e. The highest BCUT2D eigenvalue weighted by molar-refractivity contribution is 6.09. The van der Waals surface area contributed by atoms with Crippen molar-refractivity contribution >= 4 is 23.8 Å². The monoisotopic (exact) mass is 412 g/mol. The van der Waals surface area contributed by atoms with Crippen molar-refractivity contribution in [2.45, 2.75) is 26.4 Å². The van der Waals surface area contributed by atoms with Gasteiger partial charge in [-0.3, -0.25) is 4.79 Å². The number of hydrogen-bond donors (Lipinski definition) is 1. The van der Waals surface area contributed by atoms with Crippen LogP contribution in [0, 0.1) is 17.1 Å². The first-order valence-corrected chi connectivity index (χ1v) is 8.89. The lowest BCUT2D eigenvalue weighted by atomic mass is 10.1. The number of nitrogens with zero attached hydrogens (tertiary/aromatic N) is 1. The third kappa shape index (κ3) is 6.34. The molecule has 0 unspecified atom stereocenters. The summed E-state index contributed by atoms with van der Waals surface area (Å²) >= 11 is 0. The summed E-state index contributed by atoms with van der Waals surface area (Å²) in [5.41, 5.74) is -0.576. The number of methoxy groups -OCH3 is 1. The molecule has 0 aliphatic rings. The van der Waals surface area contributed by atoms with Crippen LogP contribution in [0.15, 0.2) is 48.0 Å². The molecule has 156 valence electrons. The van der Waals surface area contributed by atoms with Crippen molar-refractivity contribution in [2.24, 2.45) is 0 Å². The minimum absolute atomic E-state index is 0.0395. The number of carbonyl (C=O) groups excluding carboxylic acids is 2. The maximum absolute atomic E-state index is 13.7. The molecule has 8 heteroatoms. The Hall–Kier alpha value is -3.86. The number of halogens is 1. The van der Waals surface area contributed by atoms with E-state index in [-0.39, 0.29) is 22.8 Å². The van der Waals surface area contributed by atoms with E-state index in [0.717, 1.165) is 0 Å². The SMILES string of the molecule is COc1cc(/C=C(\C#N)C(=O)Nc2ccccc2F)ccc1OC(=O)OC(C)(C)C. The molecule has 7 nitrogen and oxygen atoms in total. The van der Waals surface area contributed by atoms with Gasteiger partial charge in [-0.1, -0.05) is 18.2 Å². The van der Waals surface area contributed by atoms with Crippen molar-refractivity contribution in [3.05, 3.63) is 59.4 Å². The van der Waals surface area contributed by atoms with E-state index in [1.54, 1.807) is 32.9 Å². The summed E-state index contributed by atoms with van der Waals surface area (Å²) in [4.78, 5) is 24.2. The smallest absolute Gasteiger partial charge is 0.493 e. The van der Waals surface area contributed by atoms with Gasteiger partial charge in [0.25, 0.3) is 5.91 Å². The normalized spacial score (nSPS) is 11.3. The van der Waals surface area contributed by atoms with Crippen LogP contribution in [0.25, 0.3) is 6.08 Å². The summed E-state index contributed by atoms with van der Waals surface area (Å²) in [6.45, 7) is 5.11. The number of hydrogen-bond acceptors (Lipinski definition) is 6. The van der Waals surface area contributed by atoms with Crippen LogP contribution in [0.3, 0.4) is 0 Å². The first kappa shape index (κ1) is 22.4. The highest BCUT2D eigenvalue weighted by atomic mass is 19.1. The minimum Gasteiger partial charge on any atom is -0.493 e. The summed E-state index contributed by atoms with van der Waals surface area (Å²) < 4.78 is 29.2. The number of nitrogens with one attached hydrogen (secondary N) is 1. The fourth-order valence-corrected chi connectivity index (χ4v) is 2.29. The number of para-hydroxylation sites is 1. The van der Waals surface area contributed by atoms with Crippen molar-refractivity contribution in [3.63, 3.8) is 0 Å². The lowest BCUT2D eigenvalue weighted by Gasteiger charge is -2.19. The van der Waals surface area contributed by atoms with Gasteiger partial charge in [0.1, 0.15) is 23.1 Å². The number of carbonyl (C=O) groups is 2. The Morgan fingerprint density at radius 3 is 2.43 bits per heavy atom. The van der Waals surface area contributed by atoms with Gasteiger partial charge in [-0.2, -0.15) is 5.26 Å². The van der Waals surface area contributed by atoms with Crippen LogP contribution < -0.4 is 14.8 Å². The van der Waals surface area contributed by atoms with Gasteiger partial charge >= 0.3 is 6.16 Å². The highest BCUT2D eigenvalue weighted by Crippen LogP contribution is 2.30. The van der Waals surface area contributed by atoms with E-state index in [1.165, 1.54) is 49.6 Å². The van der Waals surface area contributed by atoms with Crippen LogP contribution in [-0.2, 0) is 9.53 Å². The van der Waals surface area contributed by atoms with Crippen LogP contribution in [-0.4, -0.2) is 24.8 Å². The van der Waals surface area contributed by atoms with E-state index in [9.17, 15) is 19.2 Å². The zero-order valence-corrected chi connectivity index (χ0v) is 17.0. The Morgan fingerprint density at radius 2 is 1.83 bits per heavy atom. The third-order valence-electron chi connectivity index (χ3n) is 3.57. The molecular formula is C22H21FN2O5. The fourth-order valence-electron chi connectivity index (χ4n) is 2.29. The van der Waals surface area contributed by atoms with Crippen molar-refractivity contribution in [3.8, 4) is 17.6 Å². The van der Waals surface area contributed by atoms with Crippen LogP contribution in [0.1, 0.15) is 26.3 Å². The van der Waals surface area contributed by atoms with Gasteiger partial charge in [0.2, 0.25) is 0 Å². The van der Waals surface area contributed by atoms with E-state index >= 15 is 0 Å². The van der Waals surface area contributed by atoms with Gasteiger partial charge < -0.3 is 19.5 Å². The summed E-state index contributed by atoms with van der Waals surface area (Å²) in [5, 5.41) is 11.7. The lowest BCUT2D eigenvalue weighted by molar-refractivity contribution is -0.112. The number of anilines is 1. The molecule has 0 aliphatic heterocycles. The van der Waals surface area contributed by atoms with Crippen molar-refractivity contribution < 1.29 is 28.2 Å². The average molecular weight is 412 g/mol. The van der Waals surface area contributed by atoms with Gasteiger partial charge in [-0.15, -0.1) is 0 Å². The predicted octanol–water partition coefficient (Wildman–Crippen LogP) is 4.69. The Labute approximate surface area is 173 Å². The van der Waals surface area contributed by atoms with Crippen molar-refractivity contribution in [2.75, 3.05) is 12.4 Å². The standard InChI is InChI=1S/C22H21FN2O5/c1-22(2,3)30-21(27)29-18-10-9-14(12-19(18)28-4)11-15(13-24)20(26)25-17-8-6-5-7-16(17)23/h5-12H,1-4H3,(H,25,26)/b15-11+. The summed E-state index contributed by atoms with van der Waals surface area (Å²) in [6.07, 6.45) is 0.404. The zero-order valence-electron chi connectivity index (χ0n) is 17.0. The zero-order chi connectivity index (χ0) is 22.3. The Bertz CT molecular complexity index is 1020. The molecule has 2 aromatic rings. The average Bonchev–Trinajstić information content (AvgIpc) is 2.67. The lowest BCUT2D eigenvalue weighted by Crippen LogP contribution is -2.26. The van der Waals surface area contributed by atoms with Crippen molar-refractivity contribution in [1.82, 2.24) is 0 Å². The topological polar surface area (TPSA) is 97.6 Å². The quantitative estimate of drug-likeness (QED) is 0.331. The van der Waals surface area contributed by atoms with Gasteiger partial charge in [0.05, 0.1) is 12.8 Å². The van der Waals surface area contributed by atoms with Crippen molar-refractivity contribution in [1.29, 1.82) is 5.26 Å². The molecule has 0 heterocycles. The molecular weight excluding hydrogens is 391 g/mol. The summed E-state index contributed by atoms with van der Waals surface area (Å²) in [7, 11) is 1.38. The largest absolute Gasteiger partial charge is 0.514 e. The maximum atomic E-state index is 13.7. The van der Waals surface area contributed by atoms with E-state index in [1.807, 2.05) is 0 Å². The Morgan fingerprint density at radius 1 is 1.13 bits per heavy atom. The van der Waals surface area contributed by atoms with Gasteiger partial charge in [0, 0.05) is 0 Å². The second kappa shape index (κ2) is 9.56. The number of amides is 1. The molecule has 0 atom stereocenters. The molecule has 0 radical (unpaired) electrons. The number of ether oxygens (including phenoxy) is 3. The highest BCUT2D eigenvalue weighted by Gasteiger charge is 2.20. The molecule has 0 saturated heterocycles. The van der Waals surface area contributed by atoms with Gasteiger partial charge in [-0.05, 0) is 56.7 Å². The minimum atomic E-state index is -0.897.